The van der Waals surface area contributed by atoms with Gasteiger partial charge in [-0.2, -0.15) is 5.10 Å². The third-order valence-electron chi connectivity index (χ3n) is 4.63. The van der Waals surface area contributed by atoms with Crippen molar-refractivity contribution in [2.45, 2.75) is 6.92 Å². The number of hydrogen-bond acceptors (Lipinski definition) is 3. The Balaban J connectivity index is 1.89. The Kier molecular flexibility index (Phi) is 5.03. The number of anilines is 1. The van der Waals surface area contributed by atoms with Gasteiger partial charge in [0.05, 0.1) is 5.69 Å². The van der Waals surface area contributed by atoms with Gasteiger partial charge in [-0.25, -0.2) is 5.10 Å². The standard InChI is InChI=1S/C24H19N3O2/c1-16-12-14-19(15-13-16)25-23(28)21-20(17-8-4-2-5-9-17)22(26-27-24(21)29)18-10-6-3-7-11-18/h2-15H,1H3,(H,25,28)(H,27,29). The molecule has 0 saturated carbocycles. The van der Waals surface area contributed by atoms with Crippen LogP contribution in [0.3, 0.4) is 0 Å². The topological polar surface area (TPSA) is 74.8 Å². The number of aromatic amines is 1. The molecule has 4 rings (SSSR count). The highest BCUT2D eigenvalue weighted by molar-refractivity contribution is 6.10. The van der Waals surface area contributed by atoms with Crippen LogP contribution in [0.25, 0.3) is 22.4 Å². The zero-order valence-corrected chi connectivity index (χ0v) is 15.8. The van der Waals surface area contributed by atoms with Gasteiger partial charge in [-0.15, -0.1) is 0 Å². The van der Waals surface area contributed by atoms with Gasteiger partial charge in [-0.05, 0) is 24.6 Å². The molecule has 0 saturated heterocycles. The van der Waals surface area contributed by atoms with Crippen LogP contribution in [0.5, 0.6) is 0 Å². The second-order valence-electron chi connectivity index (χ2n) is 6.70. The summed E-state index contributed by atoms with van der Waals surface area (Å²) in [5.41, 5.74) is 3.82. The molecule has 4 aromatic rings. The van der Waals surface area contributed by atoms with Crippen molar-refractivity contribution in [3.8, 4) is 22.4 Å². The van der Waals surface area contributed by atoms with E-state index in [1.54, 1.807) is 0 Å². The minimum atomic E-state index is -0.534. The Hall–Kier alpha value is -3.99. The molecule has 29 heavy (non-hydrogen) atoms. The molecule has 0 aliphatic heterocycles. The van der Waals surface area contributed by atoms with E-state index in [-0.39, 0.29) is 5.56 Å². The number of hydrogen-bond donors (Lipinski definition) is 2. The first kappa shape index (κ1) is 18.4. The smallest absolute Gasteiger partial charge is 0.277 e. The number of nitrogens with one attached hydrogen (secondary N) is 2. The second kappa shape index (κ2) is 7.94. The Morgan fingerprint density at radius 1 is 0.828 bits per heavy atom. The molecule has 0 radical (unpaired) electrons. The van der Waals surface area contributed by atoms with Crippen molar-refractivity contribution in [2.75, 3.05) is 5.32 Å². The fourth-order valence-corrected chi connectivity index (χ4v) is 3.19. The largest absolute Gasteiger partial charge is 0.322 e. The molecule has 1 aromatic heterocycles. The van der Waals surface area contributed by atoms with Crippen molar-refractivity contribution in [1.29, 1.82) is 0 Å². The van der Waals surface area contributed by atoms with E-state index in [1.807, 2.05) is 91.9 Å². The van der Waals surface area contributed by atoms with E-state index in [0.29, 0.717) is 16.9 Å². The third-order valence-corrected chi connectivity index (χ3v) is 4.63. The zero-order chi connectivity index (χ0) is 20.2. The number of rotatable bonds is 4. The Morgan fingerprint density at radius 3 is 2.03 bits per heavy atom. The Morgan fingerprint density at radius 2 is 1.41 bits per heavy atom. The maximum Gasteiger partial charge on any atom is 0.277 e. The van der Waals surface area contributed by atoms with E-state index in [1.165, 1.54) is 0 Å². The number of amides is 1. The molecule has 2 N–H and O–H groups in total. The molecule has 0 fully saturated rings. The van der Waals surface area contributed by atoms with Crippen LogP contribution in [0, 0.1) is 6.92 Å². The Labute approximate surface area is 168 Å². The van der Waals surface area contributed by atoms with Gasteiger partial charge in [-0.1, -0.05) is 78.4 Å². The minimum Gasteiger partial charge on any atom is -0.322 e. The van der Waals surface area contributed by atoms with Crippen LogP contribution >= 0.6 is 0 Å². The maximum atomic E-state index is 13.1. The summed E-state index contributed by atoms with van der Waals surface area (Å²) in [6.45, 7) is 1.97. The molecule has 142 valence electrons. The molecule has 1 heterocycles. The first-order valence-electron chi connectivity index (χ1n) is 9.25. The summed E-state index contributed by atoms with van der Waals surface area (Å²) in [7, 11) is 0. The van der Waals surface area contributed by atoms with E-state index in [0.717, 1.165) is 16.7 Å². The highest BCUT2D eigenvalue weighted by Gasteiger charge is 2.23. The quantitative estimate of drug-likeness (QED) is 0.540. The second-order valence-corrected chi connectivity index (χ2v) is 6.70. The molecule has 5 heteroatoms. The summed E-state index contributed by atoms with van der Waals surface area (Å²) < 4.78 is 0. The van der Waals surface area contributed by atoms with E-state index in [2.05, 4.69) is 15.5 Å². The van der Waals surface area contributed by atoms with Gasteiger partial charge in [0.1, 0.15) is 5.56 Å². The van der Waals surface area contributed by atoms with Gasteiger partial charge in [-0.3, -0.25) is 9.59 Å². The monoisotopic (exact) mass is 381 g/mol. The highest BCUT2D eigenvalue weighted by Crippen LogP contribution is 2.31. The number of H-pyrrole nitrogens is 1. The zero-order valence-electron chi connectivity index (χ0n) is 15.8. The molecule has 0 aliphatic rings. The molecule has 1 amide bonds. The molecular formula is C24H19N3O2. The van der Waals surface area contributed by atoms with Gasteiger partial charge < -0.3 is 5.32 Å². The number of carbonyl (C=O) groups is 1. The first-order chi connectivity index (χ1) is 14.1. The van der Waals surface area contributed by atoms with Crippen molar-refractivity contribution in [1.82, 2.24) is 10.2 Å². The van der Waals surface area contributed by atoms with Crippen LogP contribution in [0.15, 0.2) is 89.7 Å². The lowest BCUT2D eigenvalue weighted by molar-refractivity contribution is 0.102. The SMILES string of the molecule is Cc1ccc(NC(=O)c2c(-c3ccccc3)c(-c3ccccc3)n[nH]c2=O)cc1. The van der Waals surface area contributed by atoms with E-state index < -0.39 is 11.5 Å². The summed E-state index contributed by atoms with van der Waals surface area (Å²) in [5, 5.41) is 9.58. The van der Waals surface area contributed by atoms with Crippen molar-refractivity contribution in [2.24, 2.45) is 0 Å². The van der Waals surface area contributed by atoms with Gasteiger partial charge in [0.25, 0.3) is 11.5 Å². The van der Waals surface area contributed by atoms with Gasteiger partial charge >= 0.3 is 0 Å². The molecule has 0 unspecified atom stereocenters. The van der Waals surface area contributed by atoms with E-state index in [4.69, 9.17) is 0 Å². The van der Waals surface area contributed by atoms with Gasteiger partial charge in [0.15, 0.2) is 0 Å². The van der Waals surface area contributed by atoms with Crippen molar-refractivity contribution < 1.29 is 4.79 Å². The summed E-state index contributed by atoms with van der Waals surface area (Å²) in [6.07, 6.45) is 0. The predicted molar refractivity (Wildman–Crippen MR) is 115 cm³/mol. The number of benzene rings is 3. The third kappa shape index (κ3) is 3.84. The fraction of sp³-hybridized carbons (Fsp3) is 0.0417. The first-order valence-corrected chi connectivity index (χ1v) is 9.25. The van der Waals surface area contributed by atoms with Gasteiger partial charge in [0, 0.05) is 16.8 Å². The molecule has 0 atom stereocenters. The summed E-state index contributed by atoms with van der Waals surface area (Å²) >= 11 is 0. The summed E-state index contributed by atoms with van der Waals surface area (Å²) in [5.74, 6) is -0.478. The van der Waals surface area contributed by atoms with Crippen LogP contribution in [0.4, 0.5) is 5.69 Å². The molecule has 5 nitrogen and oxygen atoms in total. The highest BCUT2D eigenvalue weighted by atomic mass is 16.2. The lowest BCUT2D eigenvalue weighted by Crippen LogP contribution is -2.26. The number of aromatic nitrogens is 2. The van der Waals surface area contributed by atoms with Crippen molar-refractivity contribution >= 4 is 11.6 Å². The number of nitrogens with zero attached hydrogens (tertiary/aromatic N) is 1. The minimum absolute atomic E-state index is 0.0330. The van der Waals surface area contributed by atoms with Crippen LogP contribution < -0.4 is 10.9 Å². The van der Waals surface area contributed by atoms with Crippen LogP contribution in [-0.4, -0.2) is 16.1 Å². The van der Waals surface area contributed by atoms with Crippen LogP contribution in [-0.2, 0) is 0 Å². The molecule has 3 aromatic carbocycles. The van der Waals surface area contributed by atoms with Crippen LogP contribution in [0.1, 0.15) is 15.9 Å². The maximum absolute atomic E-state index is 13.1. The molecular weight excluding hydrogens is 362 g/mol. The van der Waals surface area contributed by atoms with E-state index in [9.17, 15) is 9.59 Å². The van der Waals surface area contributed by atoms with Crippen molar-refractivity contribution in [3.05, 3.63) is 106 Å². The average Bonchev–Trinajstić information content (AvgIpc) is 2.76. The fourth-order valence-electron chi connectivity index (χ4n) is 3.19. The lowest BCUT2D eigenvalue weighted by Gasteiger charge is -2.14. The number of carbonyl (C=O) groups excluding carboxylic acids is 1. The average molecular weight is 381 g/mol. The van der Waals surface area contributed by atoms with Crippen molar-refractivity contribution in [3.63, 3.8) is 0 Å². The summed E-state index contributed by atoms with van der Waals surface area (Å²) in [6, 6.07) is 26.3. The number of aryl methyl sites for hydroxylation is 1. The molecule has 0 spiro atoms. The van der Waals surface area contributed by atoms with Gasteiger partial charge in [0.2, 0.25) is 0 Å². The Bertz CT molecular complexity index is 1200. The normalized spacial score (nSPS) is 10.5. The lowest BCUT2D eigenvalue weighted by atomic mass is 9.95. The molecule has 0 aliphatic carbocycles. The van der Waals surface area contributed by atoms with E-state index >= 15 is 0 Å². The predicted octanol–water partition coefficient (Wildman–Crippen LogP) is 4.66. The van der Waals surface area contributed by atoms with Crippen LogP contribution in [0.2, 0.25) is 0 Å². The molecule has 0 bridgehead atoms. The summed E-state index contributed by atoms with van der Waals surface area (Å²) in [4.78, 5) is 25.8.